The van der Waals surface area contributed by atoms with Crippen LogP contribution in [0, 0.1) is 33.5 Å². The zero-order valence-corrected chi connectivity index (χ0v) is 23.2. The molecule has 3 aliphatic heterocycles. The van der Waals surface area contributed by atoms with E-state index in [-0.39, 0.29) is 0 Å². The molecule has 0 bridgehead atoms. The summed E-state index contributed by atoms with van der Waals surface area (Å²) < 4.78 is 0. The molecule has 0 aromatic rings. The van der Waals surface area contributed by atoms with Crippen molar-refractivity contribution in [3.63, 3.8) is 0 Å². The minimum atomic E-state index is 0.364. The number of rotatable bonds is 6. The van der Waals surface area contributed by atoms with E-state index in [1.54, 1.807) is 0 Å². The molecule has 0 saturated carbocycles. The first-order valence-electron chi connectivity index (χ1n) is 13.9. The maximum atomic E-state index is 3.95. The molecule has 0 aliphatic carbocycles. The quantitative estimate of drug-likeness (QED) is 0.498. The monoisotopic (exact) mass is 447 g/mol. The molecule has 3 heteroatoms. The summed E-state index contributed by atoms with van der Waals surface area (Å²) in [6.07, 6.45) is 10.8. The van der Waals surface area contributed by atoms with E-state index in [9.17, 15) is 0 Å². The molecule has 188 valence electrons. The van der Waals surface area contributed by atoms with Gasteiger partial charge in [0.15, 0.2) is 0 Å². The zero-order chi connectivity index (χ0) is 23.8. The molecule has 4 atom stereocenters. The Morgan fingerprint density at radius 3 is 2.06 bits per heavy atom. The second-order valence-electron chi connectivity index (χ2n) is 14.8. The van der Waals surface area contributed by atoms with Gasteiger partial charge in [-0.05, 0) is 118 Å². The van der Waals surface area contributed by atoms with Gasteiger partial charge >= 0.3 is 0 Å². The number of piperidine rings is 3. The second-order valence-corrected chi connectivity index (χ2v) is 14.8. The van der Waals surface area contributed by atoms with Crippen LogP contribution in [0.2, 0.25) is 0 Å². The highest BCUT2D eigenvalue weighted by molar-refractivity contribution is 5.00. The van der Waals surface area contributed by atoms with Gasteiger partial charge in [0.05, 0.1) is 0 Å². The molecule has 3 nitrogen and oxygen atoms in total. The molecule has 32 heavy (non-hydrogen) atoms. The van der Waals surface area contributed by atoms with Crippen molar-refractivity contribution in [3.05, 3.63) is 0 Å². The molecule has 3 heterocycles. The molecule has 0 amide bonds. The van der Waals surface area contributed by atoms with Gasteiger partial charge in [-0.15, -0.1) is 0 Å². The highest BCUT2D eigenvalue weighted by atomic mass is 15.1. The fourth-order valence-corrected chi connectivity index (χ4v) is 7.43. The van der Waals surface area contributed by atoms with E-state index in [2.05, 4.69) is 78.0 Å². The van der Waals surface area contributed by atoms with Crippen LogP contribution >= 0.6 is 0 Å². The lowest BCUT2D eigenvalue weighted by atomic mass is 9.56. The van der Waals surface area contributed by atoms with Crippen LogP contribution < -0.4 is 10.6 Å². The number of likely N-dealkylation sites (tertiary alicyclic amines) is 1. The Morgan fingerprint density at radius 1 is 0.812 bits per heavy atom. The second kappa shape index (κ2) is 9.86. The van der Waals surface area contributed by atoms with Crippen molar-refractivity contribution >= 4 is 0 Å². The molecule has 3 fully saturated rings. The third-order valence-electron chi connectivity index (χ3n) is 10.5. The highest BCUT2D eigenvalue weighted by Gasteiger charge is 2.47. The molecule has 0 spiro atoms. The summed E-state index contributed by atoms with van der Waals surface area (Å²) in [5, 5.41) is 7.86. The van der Waals surface area contributed by atoms with E-state index in [1.807, 2.05) is 0 Å². The third kappa shape index (κ3) is 6.30. The van der Waals surface area contributed by atoms with E-state index in [0.29, 0.717) is 33.7 Å². The van der Waals surface area contributed by atoms with Crippen molar-refractivity contribution in [1.29, 1.82) is 0 Å². The first-order valence-corrected chi connectivity index (χ1v) is 13.9. The largest absolute Gasteiger partial charge is 0.314 e. The van der Waals surface area contributed by atoms with E-state index < -0.39 is 0 Å². The zero-order valence-electron chi connectivity index (χ0n) is 23.2. The van der Waals surface area contributed by atoms with Gasteiger partial charge in [-0.2, -0.15) is 0 Å². The first kappa shape index (κ1) is 26.5. The molecular formula is C29H57N3. The number of hydrogen-bond acceptors (Lipinski definition) is 3. The Kier molecular flexibility index (Phi) is 8.16. The van der Waals surface area contributed by atoms with Crippen molar-refractivity contribution < 1.29 is 0 Å². The fourth-order valence-electron chi connectivity index (χ4n) is 7.43. The van der Waals surface area contributed by atoms with E-state index in [1.165, 1.54) is 77.5 Å². The fraction of sp³-hybridized carbons (Fsp3) is 1.00. The van der Waals surface area contributed by atoms with Gasteiger partial charge in [0.25, 0.3) is 0 Å². The van der Waals surface area contributed by atoms with Crippen molar-refractivity contribution in [2.75, 3.05) is 33.2 Å². The lowest BCUT2D eigenvalue weighted by Crippen LogP contribution is -2.53. The number of hydrogen-bond donors (Lipinski definition) is 2. The maximum Gasteiger partial charge on any atom is 0.00776 e. The average Bonchev–Trinajstić information content (AvgIpc) is 2.67. The summed E-state index contributed by atoms with van der Waals surface area (Å²) in [5.41, 5.74) is 1.66. The average molecular weight is 448 g/mol. The molecule has 3 saturated heterocycles. The minimum absolute atomic E-state index is 0.364. The summed E-state index contributed by atoms with van der Waals surface area (Å²) in [6.45, 7) is 25.2. The van der Waals surface area contributed by atoms with Crippen molar-refractivity contribution in [3.8, 4) is 0 Å². The van der Waals surface area contributed by atoms with Crippen LogP contribution in [0.3, 0.4) is 0 Å². The van der Waals surface area contributed by atoms with Crippen LogP contribution in [0.4, 0.5) is 0 Å². The summed E-state index contributed by atoms with van der Waals surface area (Å²) >= 11 is 0. The van der Waals surface area contributed by atoms with Gasteiger partial charge in [-0.3, -0.25) is 0 Å². The summed E-state index contributed by atoms with van der Waals surface area (Å²) in [6, 6.07) is 1.35. The van der Waals surface area contributed by atoms with Gasteiger partial charge in [0.1, 0.15) is 0 Å². The predicted octanol–water partition coefficient (Wildman–Crippen LogP) is 6.33. The molecule has 3 aliphatic rings. The molecule has 0 radical (unpaired) electrons. The maximum absolute atomic E-state index is 3.95. The Balaban J connectivity index is 1.61. The van der Waals surface area contributed by atoms with E-state index in [0.717, 1.165) is 11.8 Å². The molecule has 2 N–H and O–H groups in total. The lowest BCUT2D eigenvalue weighted by molar-refractivity contribution is -0.00239. The summed E-state index contributed by atoms with van der Waals surface area (Å²) in [5.74, 6) is 1.73. The van der Waals surface area contributed by atoms with Crippen molar-refractivity contribution in [1.82, 2.24) is 15.5 Å². The SMILES string of the molecule is CN1CCC(C(C)(C)CC2CC(C)(C(C)(C)CC3CC(C(C)(C)C)CCN3)CCN2)CC1. The van der Waals surface area contributed by atoms with Gasteiger partial charge < -0.3 is 15.5 Å². The van der Waals surface area contributed by atoms with Crippen LogP contribution in [0.1, 0.15) is 107 Å². The van der Waals surface area contributed by atoms with Crippen molar-refractivity contribution in [2.45, 2.75) is 119 Å². The Bertz CT molecular complexity index is 596. The number of nitrogens with zero attached hydrogens (tertiary/aromatic N) is 1. The smallest absolute Gasteiger partial charge is 0.00776 e. The molecular weight excluding hydrogens is 390 g/mol. The van der Waals surface area contributed by atoms with Crippen LogP contribution in [0.5, 0.6) is 0 Å². The number of nitrogens with one attached hydrogen (secondary N) is 2. The van der Waals surface area contributed by atoms with Gasteiger partial charge in [-0.25, -0.2) is 0 Å². The van der Waals surface area contributed by atoms with Gasteiger partial charge in [-0.1, -0.05) is 55.4 Å². The Morgan fingerprint density at radius 2 is 1.44 bits per heavy atom. The minimum Gasteiger partial charge on any atom is -0.314 e. The van der Waals surface area contributed by atoms with E-state index >= 15 is 0 Å². The Labute approximate surface area is 201 Å². The molecule has 0 aromatic carbocycles. The molecule has 3 rings (SSSR count). The topological polar surface area (TPSA) is 27.3 Å². The lowest BCUT2D eigenvalue weighted by Gasteiger charge is -2.53. The van der Waals surface area contributed by atoms with Crippen molar-refractivity contribution in [2.24, 2.45) is 33.5 Å². The van der Waals surface area contributed by atoms with Gasteiger partial charge in [0.2, 0.25) is 0 Å². The first-order chi connectivity index (χ1) is 14.7. The van der Waals surface area contributed by atoms with E-state index in [4.69, 9.17) is 0 Å². The summed E-state index contributed by atoms with van der Waals surface area (Å²) in [7, 11) is 2.28. The summed E-state index contributed by atoms with van der Waals surface area (Å²) in [4.78, 5) is 2.51. The van der Waals surface area contributed by atoms with Crippen LogP contribution in [-0.4, -0.2) is 50.2 Å². The van der Waals surface area contributed by atoms with Crippen LogP contribution in [0.15, 0.2) is 0 Å². The standard InChI is InChI=1S/C29H57N3/c1-26(2,3)23-10-14-30-24(18-23)20-28(6,7)29(8)13-15-31-25(21-29)19-27(4,5)22-11-16-32(9)17-12-22/h22-25,30-31H,10-21H2,1-9H3. The molecule has 4 unspecified atom stereocenters. The third-order valence-corrected chi connectivity index (χ3v) is 10.5. The highest BCUT2D eigenvalue weighted by Crippen LogP contribution is 2.52. The normalized spacial score (nSPS) is 34.6. The van der Waals surface area contributed by atoms with Crippen LogP contribution in [-0.2, 0) is 0 Å². The predicted molar refractivity (Wildman–Crippen MR) is 140 cm³/mol. The Hall–Kier alpha value is -0.120. The van der Waals surface area contributed by atoms with Gasteiger partial charge in [0, 0.05) is 12.1 Å². The molecule has 0 aromatic heterocycles. The van der Waals surface area contributed by atoms with Crippen LogP contribution in [0.25, 0.3) is 0 Å².